The average Bonchev–Trinajstić information content (AvgIpc) is 2.48. The van der Waals surface area contributed by atoms with E-state index in [2.05, 4.69) is 26.6 Å². The first kappa shape index (κ1) is 16.5. The fraction of sp³-hybridized carbons (Fsp3) is 0.125. The lowest BCUT2D eigenvalue weighted by Crippen LogP contribution is -2.32. The molecule has 2 aromatic carbocycles. The van der Waals surface area contributed by atoms with Gasteiger partial charge < -0.3 is 10.6 Å². The maximum atomic E-state index is 11.9. The Bertz CT molecular complexity index is 702. The van der Waals surface area contributed by atoms with Crippen LogP contribution in [0.25, 0.3) is 0 Å². The smallest absolute Gasteiger partial charge is 0.251 e. The van der Waals surface area contributed by atoms with Gasteiger partial charge in [-0.05, 0) is 55.0 Å². The average molecular weight is 382 g/mol. The number of nitrogens with one attached hydrogen (secondary N) is 2. The van der Waals surface area contributed by atoms with Crippen LogP contribution in [0.15, 0.2) is 46.9 Å². The first-order valence-corrected chi connectivity index (χ1v) is 7.72. The summed E-state index contributed by atoms with van der Waals surface area (Å²) in [6.07, 6.45) is 0. The SMILES string of the molecule is Cc1cc(Br)ccc1NC(=O)CNC(=O)c1ccc(Cl)cc1. The van der Waals surface area contributed by atoms with E-state index >= 15 is 0 Å². The van der Waals surface area contributed by atoms with Crippen LogP contribution in [0.4, 0.5) is 5.69 Å². The lowest BCUT2D eigenvalue weighted by Gasteiger charge is -2.09. The number of halogens is 2. The number of carbonyl (C=O) groups excluding carboxylic acids is 2. The van der Waals surface area contributed by atoms with Crippen LogP contribution in [-0.2, 0) is 4.79 Å². The van der Waals surface area contributed by atoms with E-state index < -0.39 is 0 Å². The summed E-state index contributed by atoms with van der Waals surface area (Å²) in [5.74, 6) is -0.605. The van der Waals surface area contributed by atoms with E-state index in [-0.39, 0.29) is 18.4 Å². The van der Waals surface area contributed by atoms with Crippen molar-refractivity contribution in [3.05, 3.63) is 63.1 Å². The Balaban J connectivity index is 1.89. The molecule has 6 heteroatoms. The van der Waals surface area contributed by atoms with Gasteiger partial charge in [-0.2, -0.15) is 0 Å². The summed E-state index contributed by atoms with van der Waals surface area (Å²) < 4.78 is 0.944. The Morgan fingerprint density at radius 2 is 1.82 bits per heavy atom. The lowest BCUT2D eigenvalue weighted by atomic mass is 10.2. The molecular formula is C16H14BrClN2O2. The second-order valence-corrected chi connectivity index (χ2v) is 6.05. The highest BCUT2D eigenvalue weighted by atomic mass is 79.9. The Labute approximate surface area is 142 Å². The van der Waals surface area contributed by atoms with Gasteiger partial charge in [0.2, 0.25) is 5.91 Å². The van der Waals surface area contributed by atoms with Gasteiger partial charge in [-0.1, -0.05) is 27.5 Å². The predicted molar refractivity (Wildman–Crippen MR) is 91.3 cm³/mol. The Morgan fingerprint density at radius 1 is 1.14 bits per heavy atom. The second kappa shape index (κ2) is 7.42. The molecule has 0 fully saturated rings. The lowest BCUT2D eigenvalue weighted by molar-refractivity contribution is -0.115. The quantitative estimate of drug-likeness (QED) is 0.847. The summed E-state index contributed by atoms with van der Waals surface area (Å²) in [6.45, 7) is 1.80. The molecule has 0 heterocycles. The third kappa shape index (κ3) is 4.58. The van der Waals surface area contributed by atoms with Gasteiger partial charge in [-0.3, -0.25) is 9.59 Å². The monoisotopic (exact) mass is 380 g/mol. The van der Waals surface area contributed by atoms with Crippen LogP contribution in [-0.4, -0.2) is 18.4 Å². The third-order valence-electron chi connectivity index (χ3n) is 2.98. The fourth-order valence-electron chi connectivity index (χ4n) is 1.83. The summed E-state index contributed by atoms with van der Waals surface area (Å²) in [5.41, 5.74) is 2.11. The van der Waals surface area contributed by atoms with Crippen molar-refractivity contribution in [1.82, 2.24) is 5.32 Å². The minimum absolute atomic E-state index is 0.100. The largest absolute Gasteiger partial charge is 0.343 e. The van der Waals surface area contributed by atoms with Crippen LogP contribution < -0.4 is 10.6 Å². The Hall–Kier alpha value is -1.85. The number of hydrogen-bond acceptors (Lipinski definition) is 2. The van der Waals surface area contributed by atoms with Gasteiger partial charge in [0, 0.05) is 20.7 Å². The minimum atomic E-state index is -0.320. The van der Waals surface area contributed by atoms with Gasteiger partial charge in [-0.15, -0.1) is 0 Å². The number of amides is 2. The highest BCUT2D eigenvalue weighted by molar-refractivity contribution is 9.10. The third-order valence-corrected chi connectivity index (χ3v) is 3.72. The highest BCUT2D eigenvalue weighted by Gasteiger charge is 2.09. The topological polar surface area (TPSA) is 58.2 Å². The van der Waals surface area contributed by atoms with Crippen molar-refractivity contribution in [3.8, 4) is 0 Å². The number of benzene rings is 2. The van der Waals surface area contributed by atoms with Crippen molar-refractivity contribution in [2.45, 2.75) is 6.92 Å². The predicted octanol–water partition coefficient (Wildman–Crippen LogP) is 3.78. The summed E-state index contributed by atoms with van der Waals surface area (Å²) in [6, 6.07) is 12.0. The molecule has 0 aliphatic rings. The van der Waals surface area contributed by atoms with Gasteiger partial charge in [0.05, 0.1) is 6.54 Å². The fourth-order valence-corrected chi connectivity index (χ4v) is 2.43. The summed E-state index contributed by atoms with van der Waals surface area (Å²) >= 11 is 9.12. The molecule has 22 heavy (non-hydrogen) atoms. The normalized spacial score (nSPS) is 10.1. The van der Waals surface area contributed by atoms with Gasteiger partial charge in [0.25, 0.3) is 5.91 Å². The van der Waals surface area contributed by atoms with Crippen molar-refractivity contribution >= 4 is 45.0 Å². The molecule has 0 aromatic heterocycles. The molecule has 0 aliphatic carbocycles. The van der Waals surface area contributed by atoms with Crippen LogP contribution >= 0.6 is 27.5 Å². The van der Waals surface area contributed by atoms with Gasteiger partial charge in [0.15, 0.2) is 0 Å². The molecule has 0 saturated heterocycles. The molecule has 2 N–H and O–H groups in total. The molecular weight excluding hydrogens is 368 g/mol. The molecule has 0 spiro atoms. The molecule has 0 bridgehead atoms. The van der Waals surface area contributed by atoms with Crippen molar-refractivity contribution in [2.75, 3.05) is 11.9 Å². The van der Waals surface area contributed by atoms with Crippen LogP contribution in [0.1, 0.15) is 15.9 Å². The van der Waals surface area contributed by atoms with Gasteiger partial charge in [0.1, 0.15) is 0 Å². The molecule has 0 radical (unpaired) electrons. The summed E-state index contributed by atoms with van der Waals surface area (Å²) in [7, 11) is 0. The number of aryl methyl sites for hydroxylation is 1. The van der Waals surface area contributed by atoms with Crippen molar-refractivity contribution in [2.24, 2.45) is 0 Å². The number of rotatable bonds is 4. The van der Waals surface area contributed by atoms with Crippen LogP contribution in [0.5, 0.6) is 0 Å². The molecule has 114 valence electrons. The maximum absolute atomic E-state index is 11.9. The summed E-state index contributed by atoms with van der Waals surface area (Å²) in [5, 5.41) is 5.88. The van der Waals surface area contributed by atoms with Crippen molar-refractivity contribution < 1.29 is 9.59 Å². The standard InChI is InChI=1S/C16H14BrClN2O2/c1-10-8-12(17)4-7-14(10)20-15(21)9-19-16(22)11-2-5-13(18)6-3-11/h2-8H,9H2,1H3,(H,19,22)(H,20,21). The van der Waals surface area contributed by atoms with Crippen LogP contribution in [0.2, 0.25) is 5.02 Å². The Kier molecular flexibility index (Phi) is 5.57. The molecule has 0 unspecified atom stereocenters. The van der Waals surface area contributed by atoms with E-state index in [9.17, 15) is 9.59 Å². The van der Waals surface area contributed by atoms with E-state index in [1.807, 2.05) is 19.1 Å². The van der Waals surface area contributed by atoms with Crippen LogP contribution in [0.3, 0.4) is 0 Å². The highest BCUT2D eigenvalue weighted by Crippen LogP contribution is 2.19. The second-order valence-electron chi connectivity index (χ2n) is 4.70. The number of hydrogen-bond donors (Lipinski definition) is 2. The van der Waals surface area contributed by atoms with E-state index in [4.69, 9.17) is 11.6 Å². The molecule has 2 amide bonds. The van der Waals surface area contributed by atoms with Gasteiger partial charge >= 0.3 is 0 Å². The molecule has 0 saturated carbocycles. The molecule has 0 aliphatic heterocycles. The zero-order valence-corrected chi connectivity index (χ0v) is 14.2. The first-order valence-electron chi connectivity index (χ1n) is 6.55. The molecule has 2 aromatic rings. The number of carbonyl (C=O) groups is 2. The Morgan fingerprint density at radius 3 is 2.45 bits per heavy atom. The van der Waals surface area contributed by atoms with E-state index in [1.54, 1.807) is 30.3 Å². The maximum Gasteiger partial charge on any atom is 0.251 e. The van der Waals surface area contributed by atoms with E-state index in [0.717, 1.165) is 10.0 Å². The van der Waals surface area contributed by atoms with Gasteiger partial charge in [-0.25, -0.2) is 0 Å². The van der Waals surface area contributed by atoms with E-state index in [0.29, 0.717) is 16.3 Å². The number of anilines is 1. The molecule has 4 nitrogen and oxygen atoms in total. The first-order chi connectivity index (χ1) is 10.5. The minimum Gasteiger partial charge on any atom is -0.343 e. The van der Waals surface area contributed by atoms with E-state index in [1.165, 1.54) is 0 Å². The zero-order chi connectivity index (χ0) is 16.1. The zero-order valence-electron chi connectivity index (χ0n) is 11.8. The molecule has 2 rings (SSSR count). The van der Waals surface area contributed by atoms with Crippen LogP contribution in [0, 0.1) is 6.92 Å². The van der Waals surface area contributed by atoms with Crippen molar-refractivity contribution in [3.63, 3.8) is 0 Å². The summed E-state index contributed by atoms with van der Waals surface area (Å²) in [4.78, 5) is 23.8. The molecule has 0 atom stereocenters. The van der Waals surface area contributed by atoms with Crippen molar-refractivity contribution in [1.29, 1.82) is 0 Å².